The van der Waals surface area contributed by atoms with Gasteiger partial charge in [-0.3, -0.25) is 0 Å². The van der Waals surface area contributed by atoms with Crippen molar-refractivity contribution in [3.8, 4) is 17.2 Å². The third-order valence-corrected chi connectivity index (χ3v) is 3.62. The lowest BCUT2D eigenvalue weighted by Gasteiger charge is -2.04. The Kier molecular flexibility index (Phi) is 4.39. The van der Waals surface area contributed by atoms with Crippen molar-refractivity contribution in [3.63, 3.8) is 0 Å². The maximum atomic E-state index is 5.68. The van der Waals surface area contributed by atoms with Crippen LogP contribution in [0.15, 0.2) is 57.4 Å². The minimum Gasteiger partial charge on any atom is -0.496 e. The number of ether oxygens (including phenoxy) is 1. The fraction of sp³-hybridized carbons (Fsp3) is 0.125. The van der Waals surface area contributed by atoms with Gasteiger partial charge in [-0.15, -0.1) is 10.2 Å². The molecule has 1 aromatic heterocycles. The Balaban J connectivity index is 1.72. The smallest absolute Gasteiger partial charge is 0.251 e. The van der Waals surface area contributed by atoms with E-state index in [4.69, 9.17) is 9.15 Å². The zero-order chi connectivity index (χ0) is 15.4. The van der Waals surface area contributed by atoms with E-state index in [2.05, 4.69) is 31.4 Å². The molecular weight excluding hydrogens is 346 g/mol. The van der Waals surface area contributed by atoms with Crippen molar-refractivity contribution in [1.29, 1.82) is 0 Å². The van der Waals surface area contributed by atoms with Crippen LogP contribution in [0.5, 0.6) is 5.75 Å². The number of rotatable bonds is 5. The van der Waals surface area contributed by atoms with Crippen molar-refractivity contribution in [2.24, 2.45) is 0 Å². The van der Waals surface area contributed by atoms with Gasteiger partial charge >= 0.3 is 0 Å². The van der Waals surface area contributed by atoms with E-state index in [1.54, 1.807) is 7.11 Å². The molecule has 1 heterocycles. The lowest BCUT2D eigenvalue weighted by Crippen LogP contribution is -1.99. The second-order valence-electron chi connectivity index (χ2n) is 4.56. The van der Waals surface area contributed by atoms with E-state index in [0.717, 1.165) is 15.7 Å². The molecule has 112 valence electrons. The van der Waals surface area contributed by atoms with E-state index in [9.17, 15) is 0 Å². The van der Waals surface area contributed by atoms with Crippen molar-refractivity contribution < 1.29 is 9.15 Å². The summed E-state index contributed by atoms with van der Waals surface area (Å²) in [5, 5.41) is 11.4. The quantitative estimate of drug-likeness (QED) is 0.742. The van der Waals surface area contributed by atoms with Crippen LogP contribution < -0.4 is 10.1 Å². The lowest BCUT2D eigenvalue weighted by atomic mass is 10.2. The Hall–Kier alpha value is -2.34. The minimum absolute atomic E-state index is 0.449. The number of hydrogen-bond donors (Lipinski definition) is 1. The molecule has 0 bridgehead atoms. The summed E-state index contributed by atoms with van der Waals surface area (Å²) in [6.45, 7) is 0.462. The van der Waals surface area contributed by atoms with E-state index in [1.807, 2.05) is 48.5 Å². The largest absolute Gasteiger partial charge is 0.496 e. The summed E-state index contributed by atoms with van der Waals surface area (Å²) in [7, 11) is 1.62. The molecule has 0 spiro atoms. The number of halogens is 1. The van der Waals surface area contributed by atoms with Gasteiger partial charge in [0.15, 0.2) is 0 Å². The molecule has 0 fully saturated rings. The normalized spacial score (nSPS) is 10.5. The second kappa shape index (κ2) is 6.62. The summed E-state index contributed by atoms with van der Waals surface area (Å²) in [5.74, 6) is 1.67. The van der Waals surface area contributed by atoms with Crippen molar-refractivity contribution in [3.05, 3.63) is 58.9 Å². The van der Waals surface area contributed by atoms with Crippen LogP contribution in [0.1, 0.15) is 5.89 Å². The molecule has 0 radical (unpaired) electrons. The van der Waals surface area contributed by atoms with E-state index in [-0.39, 0.29) is 0 Å². The van der Waals surface area contributed by atoms with Crippen molar-refractivity contribution >= 4 is 21.6 Å². The fourth-order valence-corrected chi connectivity index (χ4v) is 2.26. The number of aromatic nitrogens is 2. The molecule has 1 N–H and O–H groups in total. The average Bonchev–Trinajstić information content (AvgIpc) is 3.03. The Morgan fingerprint density at radius 1 is 1.09 bits per heavy atom. The van der Waals surface area contributed by atoms with Crippen LogP contribution in [0.4, 0.5) is 5.69 Å². The summed E-state index contributed by atoms with van der Waals surface area (Å²) in [6.07, 6.45) is 0. The lowest BCUT2D eigenvalue weighted by molar-refractivity contribution is 0.413. The SMILES string of the molecule is COc1ccccc1-c1nnc(CNc2ccc(Br)cc2)o1. The summed E-state index contributed by atoms with van der Waals surface area (Å²) in [5.41, 5.74) is 1.77. The van der Waals surface area contributed by atoms with E-state index >= 15 is 0 Å². The molecule has 0 aliphatic carbocycles. The first-order valence-corrected chi connectivity index (χ1v) is 7.51. The number of anilines is 1. The maximum Gasteiger partial charge on any atom is 0.251 e. The van der Waals surface area contributed by atoms with Crippen LogP contribution in [0.3, 0.4) is 0 Å². The molecule has 0 amide bonds. The molecule has 22 heavy (non-hydrogen) atoms. The molecule has 0 atom stereocenters. The number of nitrogens with one attached hydrogen (secondary N) is 1. The highest BCUT2D eigenvalue weighted by Crippen LogP contribution is 2.28. The molecule has 2 aromatic carbocycles. The molecule has 0 saturated heterocycles. The van der Waals surface area contributed by atoms with Gasteiger partial charge in [0.25, 0.3) is 5.89 Å². The molecule has 3 rings (SSSR count). The summed E-state index contributed by atoms with van der Waals surface area (Å²) in [4.78, 5) is 0. The standard InChI is InChI=1S/C16H14BrN3O2/c1-21-14-5-3-2-4-13(14)16-20-19-15(22-16)10-18-12-8-6-11(17)7-9-12/h2-9,18H,10H2,1H3. The number of nitrogens with zero attached hydrogens (tertiary/aromatic N) is 2. The first kappa shape index (κ1) is 14.6. The topological polar surface area (TPSA) is 60.2 Å². The third-order valence-electron chi connectivity index (χ3n) is 3.09. The number of para-hydroxylation sites is 1. The summed E-state index contributed by atoms with van der Waals surface area (Å²) >= 11 is 3.40. The molecule has 6 heteroatoms. The van der Waals surface area contributed by atoms with Crippen LogP contribution in [0.2, 0.25) is 0 Å². The van der Waals surface area contributed by atoms with E-state index < -0.39 is 0 Å². The fourth-order valence-electron chi connectivity index (χ4n) is 2.00. The van der Waals surface area contributed by atoms with Gasteiger partial charge in [0.1, 0.15) is 5.75 Å². The van der Waals surface area contributed by atoms with E-state index in [1.165, 1.54) is 0 Å². The predicted molar refractivity (Wildman–Crippen MR) is 87.8 cm³/mol. The first-order valence-electron chi connectivity index (χ1n) is 6.71. The number of benzene rings is 2. The van der Waals surface area contributed by atoms with Gasteiger partial charge < -0.3 is 14.5 Å². The van der Waals surface area contributed by atoms with Crippen LogP contribution >= 0.6 is 15.9 Å². The molecule has 0 unspecified atom stereocenters. The molecular formula is C16H14BrN3O2. The molecule has 0 aliphatic heterocycles. The Labute approximate surface area is 136 Å². The Morgan fingerprint density at radius 3 is 2.64 bits per heavy atom. The molecule has 5 nitrogen and oxygen atoms in total. The van der Waals surface area contributed by atoms with E-state index in [0.29, 0.717) is 24.1 Å². The first-order chi connectivity index (χ1) is 10.8. The molecule has 3 aromatic rings. The van der Waals surface area contributed by atoms with Crippen molar-refractivity contribution in [2.45, 2.75) is 6.54 Å². The van der Waals surface area contributed by atoms with Gasteiger partial charge in [0.2, 0.25) is 5.89 Å². The monoisotopic (exact) mass is 359 g/mol. The Morgan fingerprint density at radius 2 is 1.86 bits per heavy atom. The van der Waals surface area contributed by atoms with Gasteiger partial charge in [0, 0.05) is 10.2 Å². The van der Waals surface area contributed by atoms with Crippen LogP contribution in [-0.2, 0) is 6.54 Å². The highest BCUT2D eigenvalue weighted by molar-refractivity contribution is 9.10. The van der Waals surface area contributed by atoms with Gasteiger partial charge in [-0.1, -0.05) is 28.1 Å². The number of hydrogen-bond acceptors (Lipinski definition) is 5. The summed E-state index contributed by atoms with van der Waals surface area (Å²) < 4.78 is 12.0. The van der Waals surface area contributed by atoms with Crippen LogP contribution in [0, 0.1) is 0 Å². The maximum absolute atomic E-state index is 5.68. The Bertz CT molecular complexity index is 756. The van der Waals surface area contributed by atoms with Crippen LogP contribution in [-0.4, -0.2) is 17.3 Å². The molecule has 0 aliphatic rings. The van der Waals surface area contributed by atoms with Gasteiger partial charge in [-0.25, -0.2) is 0 Å². The van der Waals surface area contributed by atoms with Crippen molar-refractivity contribution in [1.82, 2.24) is 10.2 Å². The zero-order valence-corrected chi connectivity index (χ0v) is 13.5. The summed E-state index contributed by atoms with van der Waals surface area (Å²) in [6, 6.07) is 15.4. The van der Waals surface area contributed by atoms with Gasteiger partial charge in [0.05, 0.1) is 19.2 Å². The van der Waals surface area contributed by atoms with Gasteiger partial charge in [-0.05, 0) is 36.4 Å². The van der Waals surface area contributed by atoms with Crippen molar-refractivity contribution in [2.75, 3.05) is 12.4 Å². The zero-order valence-electron chi connectivity index (χ0n) is 11.9. The van der Waals surface area contributed by atoms with Crippen LogP contribution in [0.25, 0.3) is 11.5 Å². The highest BCUT2D eigenvalue weighted by Gasteiger charge is 2.12. The van der Waals surface area contributed by atoms with Gasteiger partial charge in [-0.2, -0.15) is 0 Å². The third kappa shape index (κ3) is 3.28. The predicted octanol–water partition coefficient (Wildman–Crippen LogP) is 4.12. The number of methoxy groups -OCH3 is 1. The molecule has 0 saturated carbocycles. The second-order valence-corrected chi connectivity index (χ2v) is 5.48. The average molecular weight is 360 g/mol. The minimum atomic E-state index is 0.449. The highest BCUT2D eigenvalue weighted by atomic mass is 79.9.